The largest absolute Gasteiger partial charge is 0.352 e. The number of carbonyl (C=O) groups is 3. The normalized spacial score (nSPS) is 23.0. The van der Waals surface area contributed by atoms with E-state index in [9.17, 15) is 23.2 Å². The van der Waals surface area contributed by atoms with E-state index in [1.165, 1.54) is 15.9 Å². The Morgan fingerprint density at radius 3 is 2.60 bits per heavy atom. The molecule has 0 bridgehead atoms. The summed E-state index contributed by atoms with van der Waals surface area (Å²) in [7, 11) is 0. The minimum Gasteiger partial charge on any atom is -0.352 e. The van der Waals surface area contributed by atoms with Gasteiger partial charge in [0.25, 0.3) is 0 Å². The minimum absolute atomic E-state index is 0.217. The molecule has 25 heavy (non-hydrogen) atoms. The molecule has 1 aromatic carbocycles. The smallest absolute Gasteiger partial charge is 0.245 e. The van der Waals surface area contributed by atoms with Crippen LogP contribution in [0.1, 0.15) is 20.3 Å². The summed E-state index contributed by atoms with van der Waals surface area (Å²) in [5.41, 5.74) is -0.819. The van der Waals surface area contributed by atoms with Crippen LogP contribution < -0.4 is 10.2 Å². The Labute approximate surface area is 143 Å². The van der Waals surface area contributed by atoms with Gasteiger partial charge < -0.3 is 15.1 Å². The predicted octanol–water partition coefficient (Wildman–Crippen LogP) is 1.05. The quantitative estimate of drug-likeness (QED) is 0.810. The highest BCUT2D eigenvalue weighted by molar-refractivity contribution is 6.10. The van der Waals surface area contributed by atoms with Crippen molar-refractivity contribution in [1.29, 1.82) is 0 Å². The summed E-state index contributed by atoms with van der Waals surface area (Å²) < 4.78 is 26.5. The Hall–Kier alpha value is -2.51. The molecule has 2 aliphatic heterocycles. The van der Waals surface area contributed by atoms with Gasteiger partial charge in [-0.3, -0.25) is 14.4 Å². The number of nitrogens with zero attached hydrogens (tertiary/aromatic N) is 2. The molecule has 0 unspecified atom stereocenters. The summed E-state index contributed by atoms with van der Waals surface area (Å²) in [6, 6.07) is 3.20. The van der Waals surface area contributed by atoms with E-state index in [1.807, 2.05) is 0 Å². The number of piperazine rings is 1. The van der Waals surface area contributed by atoms with E-state index in [-0.39, 0.29) is 24.6 Å². The van der Waals surface area contributed by atoms with Gasteiger partial charge in [0.2, 0.25) is 17.7 Å². The van der Waals surface area contributed by atoms with Crippen LogP contribution in [0.2, 0.25) is 0 Å². The fourth-order valence-electron chi connectivity index (χ4n) is 3.29. The molecule has 1 aromatic rings. The van der Waals surface area contributed by atoms with Crippen molar-refractivity contribution in [3.63, 3.8) is 0 Å². The Balaban J connectivity index is 1.80. The van der Waals surface area contributed by atoms with Crippen LogP contribution in [0, 0.1) is 17.6 Å². The molecule has 8 heteroatoms. The van der Waals surface area contributed by atoms with Crippen LogP contribution in [-0.4, -0.2) is 47.8 Å². The van der Waals surface area contributed by atoms with Gasteiger partial charge in [0.05, 0.1) is 0 Å². The van der Waals surface area contributed by atoms with E-state index < -0.39 is 34.9 Å². The Kier molecular flexibility index (Phi) is 4.22. The van der Waals surface area contributed by atoms with Gasteiger partial charge in [0.1, 0.15) is 11.5 Å². The van der Waals surface area contributed by atoms with Gasteiger partial charge in [0, 0.05) is 31.4 Å². The summed E-state index contributed by atoms with van der Waals surface area (Å²) in [5.74, 6) is -4.10. The number of amides is 3. The van der Waals surface area contributed by atoms with Gasteiger partial charge in [-0.15, -0.1) is 0 Å². The number of halogens is 2. The van der Waals surface area contributed by atoms with Crippen molar-refractivity contribution >= 4 is 23.4 Å². The van der Waals surface area contributed by atoms with Crippen LogP contribution >= 0.6 is 0 Å². The third kappa shape index (κ3) is 2.85. The molecule has 0 spiro atoms. The van der Waals surface area contributed by atoms with Crippen LogP contribution in [-0.2, 0) is 14.4 Å². The molecule has 1 N–H and O–H groups in total. The van der Waals surface area contributed by atoms with Crippen LogP contribution in [0.5, 0.6) is 0 Å². The second kappa shape index (κ2) is 6.09. The first-order valence-corrected chi connectivity index (χ1v) is 8.09. The van der Waals surface area contributed by atoms with Crippen molar-refractivity contribution in [2.24, 2.45) is 5.92 Å². The lowest BCUT2D eigenvalue weighted by atomic mass is 9.95. The Morgan fingerprint density at radius 1 is 1.20 bits per heavy atom. The fraction of sp³-hybridized carbons (Fsp3) is 0.471. The number of benzene rings is 1. The van der Waals surface area contributed by atoms with Crippen molar-refractivity contribution in [1.82, 2.24) is 10.2 Å². The molecule has 0 aromatic heterocycles. The first-order chi connectivity index (χ1) is 11.7. The number of hydrogen-bond acceptors (Lipinski definition) is 3. The molecule has 0 radical (unpaired) electrons. The maximum Gasteiger partial charge on any atom is 0.245 e. The van der Waals surface area contributed by atoms with Crippen molar-refractivity contribution in [3.05, 3.63) is 29.8 Å². The molecule has 134 valence electrons. The lowest BCUT2D eigenvalue weighted by Crippen LogP contribution is -2.64. The van der Waals surface area contributed by atoms with Crippen molar-refractivity contribution < 1.29 is 23.2 Å². The monoisotopic (exact) mass is 351 g/mol. The standard InChI is InChI=1S/C17H19F2N3O3/c1-17(2)16(25)20-6-8-22(17)15(24)11-5-7-21(14(11)23)10-3-4-12(18)13(19)9-10/h3-4,9,11H,5-8H2,1-2H3,(H,20,25)/t11-/m0/s1. The van der Waals surface area contributed by atoms with E-state index in [2.05, 4.69) is 5.32 Å². The third-order valence-electron chi connectivity index (χ3n) is 4.84. The maximum absolute atomic E-state index is 13.4. The summed E-state index contributed by atoms with van der Waals surface area (Å²) >= 11 is 0. The first kappa shape index (κ1) is 17.3. The highest BCUT2D eigenvalue weighted by Crippen LogP contribution is 2.30. The molecule has 6 nitrogen and oxygen atoms in total. The molecule has 0 aliphatic carbocycles. The molecule has 3 amide bonds. The fourth-order valence-corrected chi connectivity index (χ4v) is 3.29. The third-order valence-corrected chi connectivity index (χ3v) is 4.84. The molecule has 1 atom stereocenters. The SMILES string of the molecule is CC1(C)C(=O)NCCN1C(=O)[C@H]1CCN(c2ccc(F)c(F)c2)C1=O. The molecular weight excluding hydrogens is 332 g/mol. The van der Waals surface area contributed by atoms with Gasteiger partial charge in [0.15, 0.2) is 11.6 Å². The summed E-state index contributed by atoms with van der Waals surface area (Å²) in [6.07, 6.45) is 0.269. The highest BCUT2D eigenvalue weighted by Gasteiger charge is 2.46. The van der Waals surface area contributed by atoms with Gasteiger partial charge in [-0.2, -0.15) is 0 Å². The number of rotatable bonds is 2. The number of hydrogen-bond donors (Lipinski definition) is 1. The zero-order valence-corrected chi connectivity index (χ0v) is 14.0. The average Bonchev–Trinajstić information content (AvgIpc) is 2.94. The molecule has 2 saturated heterocycles. The second-order valence-electron chi connectivity index (χ2n) is 6.73. The second-order valence-corrected chi connectivity index (χ2v) is 6.73. The van der Waals surface area contributed by atoms with Crippen molar-refractivity contribution in [3.8, 4) is 0 Å². The molecule has 2 fully saturated rings. The average molecular weight is 351 g/mol. The van der Waals surface area contributed by atoms with Crippen LogP contribution in [0.3, 0.4) is 0 Å². The topological polar surface area (TPSA) is 69.7 Å². The number of carbonyl (C=O) groups excluding carboxylic acids is 3. The molecule has 2 heterocycles. The lowest BCUT2D eigenvalue weighted by Gasteiger charge is -2.42. The lowest BCUT2D eigenvalue weighted by molar-refractivity contribution is -0.153. The van der Waals surface area contributed by atoms with Crippen LogP contribution in [0.4, 0.5) is 14.5 Å². The van der Waals surface area contributed by atoms with E-state index in [0.717, 1.165) is 12.1 Å². The molecule has 0 saturated carbocycles. The van der Waals surface area contributed by atoms with Gasteiger partial charge in [-0.05, 0) is 32.4 Å². The van der Waals surface area contributed by atoms with E-state index >= 15 is 0 Å². The predicted molar refractivity (Wildman–Crippen MR) is 85.6 cm³/mol. The Morgan fingerprint density at radius 2 is 1.92 bits per heavy atom. The van der Waals surface area contributed by atoms with Gasteiger partial charge in [-0.1, -0.05) is 0 Å². The van der Waals surface area contributed by atoms with Gasteiger partial charge in [-0.25, -0.2) is 8.78 Å². The highest BCUT2D eigenvalue weighted by atomic mass is 19.2. The summed E-state index contributed by atoms with van der Waals surface area (Å²) in [6.45, 7) is 4.16. The van der Waals surface area contributed by atoms with Crippen LogP contribution in [0.25, 0.3) is 0 Å². The van der Waals surface area contributed by atoms with E-state index in [1.54, 1.807) is 13.8 Å². The zero-order valence-electron chi connectivity index (χ0n) is 14.0. The minimum atomic E-state index is -1.05. The number of nitrogens with one attached hydrogen (secondary N) is 1. The summed E-state index contributed by atoms with van der Waals surface area (Å²) in [4.78, 5) is 40.2. The van der Waals surface area contributed by atoms with E-state index in [0.29, 0.717) is 13.1 Å². The summed E-state index contributed by atoms with van der Waals surface area (Å²) in [5, 5.41) is 2.70. The van der Waals surface area contributed by atoms with Gasteiger partial charge >= 0.3 is 0 Å². The zero-order chi connectivity index (χ0) is 18.4. The van der Waals surface area contributed by atoms with Crippen molar-refractivity contribution in [2.45, 2.75) is 25.8 Å². The van der Waals surface area contributed by atoms with Crippen molar-refractivity contribution in [2.75, 3.05) is 24.5 Å². The Bertz CT molecular complexity index is 751. The molecule has 2 aliphatic rings. The van der Waals surface area contributed by atoms with Crippen LogP contribution in [0.15, 0.2) is 18.2 Å². The molecular formula is C17H19F2N3O3. The molecule has 3 rings (SSSR count). The van der Waals surface area contributed by atoms with E-state index in [4.69, 9.17) is 0 Å². The maximum atomic E-state index is 13.4. The first-order valence-electron chi connectivity index (χ1n) is 8.09. The number of anilines is 1.